The summed E-state index contributed by atoms with van der Waals surface area (Å²) in [5, 5.41) is 12.3. The summed E-state index contributed by atoms with van der Waals surface area (Å²) in [5.41, 5.74) is 1.08. The van der Waals surface area contributed by atoms with Crippen molar-refractivity contribution in [2.75, 3.05) is 46.0 Å². The van der Waals surface area contributed by atoms with Gasteiger partial charge in [-0.1, -0.05) is 18.9 Å². The van der Waals surface area contributed by atoms with Crippen LogP contribution in [0.5, 0.6) is 5.75 Å². The lowest BCUT2D eigenvalue weighted by Crippen LogP contribution is -2.48. The number of terminal acetylenes is 1. The molecule has 8 heteroatoms. The first-order chi connectivity index (χ1) is 16.0. The molecule has 1 aliphatic rings. The fraction of sp³-hybridized carbons (Fsp3) is 0.480. The smallest absolute Gasteiger partial charge is 0.237 e. The van der Waals surface area contributed by atoms with Gasteiger partial charge in [-0.05, 0) is 48.5 Å². The predicted octanol–water partition coefficient (Wildman–Crippen LogP) is 3.11. The Hall–Kier alpha value is -2.44. The molecule has 2 heterocycles. The molecule has 178 valence electrons. The van der Waals surface area contributed by atoms with Crippen molar-refractivity contribution in [3.63, 3.8) is 0 Å². The molecule has 2 aromatic rings. The van der Waals surface area contributed by atoms with Crippen molar-refractivity contribution in [3.8, 4) is 18.1 Å². The van der Waals surface area contributed by atoms with E-state index in [1.807, 2.05) is 28.2 Å². The van der Waals surface area contributed by atoms with Crippen LogP contribution < -0.4 is 4.74 Å². The Morgan fingerprint density at radius 3 is 3.06 bits per heavy atom. The van der Waals surface area contributed by atoms with Crippen LogP contribution in [-0.4, -0.2) is 72.9 Å². The van der Waals surface area contributed by atoms with Crippen molar-refractivity contribution >= 4 is 17.2 Å². The van der Waals surface area contributed by atoms with E-state index in [1.54, 1.807) is 23.5 Å². The van der Waals surface area contributed by atoms with E-state index < -0.39 is 6.10 Å². The van der Waals surface area contributed by atoms with Crippen LogP contribution in [0.3, 0.4) is 0 Å². The number of ether oxygens (including phenoxy) is 2. The van der Waals surface area contributed by atoms with Crippen LogP contribution in [0.4, 0.5) is 4.39 Å². The highest BCUT2D eigenvalue weighted by Gasteiger charge is 2.33. The Labute approximate surface area is 198 Å². The average molecular weight is 475 g/mol. The quantitative estimate of drug-likeness (QED) is 0.378. The van der Waals surface area contributed by atoms with Gasteiger partial charge in [0, 0.05) is 24.0 Å². The number of halogens is 1. The number of hydrogen-bond donors (Lipinski definition) is 1. The standard InChI is InChI=1S/C25H31FN2O4S/c1-3-10-27(15-20(29)17-31-12-4-2)16-25(30)28-11-8-24-22(9-13-33-24)23(28)18-32-21-7-5-6-19(26)14-21/h2,5-7,9,13-14,20,23,29H,3,8,10-12,15-18H2,1H3/t20-,23-/m0/s1. The molecule has 0 radical (unpaired) electrons. The number of carbonyl (C=O) groups is 1. The van der Waals surface area contributed by atoms with E-state index in [0.717, 1.165) is 18.4 Å². The molecule has 1 aromatic carbocycles. The van der Waals surface area contributed by atoms with E-state index in [2.05, 4.69) is 5.92 Å². The largest absolute Gasteiger partial charge is 0.491 e. The highest BCUT2D eigenvalue weighted by atomic mass is 32.1. The minimum atomic E-state index is -0.727. The molecule has 0 fully saturated rings. The Morgan fingerprint density at radius 1 is 1.45 bits per heavy atom. The van der Waals surface area contributed by atoms with Crippen LogP contribution >= 0.6 is 11.3 Å². The van der Waals surface area contributed by atoms with Gasteiger partial charge in [-0.15, -0.1) is 17.8 Å². The summed E-state index contributed by atoms with van der Waals surface area (Å²) in [5.74, 6) is 2.43. The maximum Gasteiger partial charge on any atom is 0.237 e. The predicted molar refractivity (Wildman–Crippen MR) is 127 cm³/mol. The second-order valence-electron chi connectivity index (χ2n) is 8.03. The van der Waals surface area contributed by atoms with Crippen LogP contribution in [0.1, 0.15) is 29.8 Å². The third-order valence-corrected chi connectivity index (χ3v) is 6.48. The number of fused-ring (bicyclic) bond motifs is 1. The highest BCUT2D eigenvalue weighted by Crippen LogP contribution is 2.34. The summed E-state index contributed by atoms with van der Waals surface area (Å²) in [6.45, 7) is 4.35. The van der Waals surface area contributed by atoms with Crippen LogP contribution in [0.2, 0.25) is 0 Å². The maximum atomic E-state index is 13.6. The third-order valence-electron chi connectivity index (χ3n) is 5.48. The SMILES string of the molecule is C#CCOC[C@@H](O)CN(CCC)CC(=O)N1CCc2sccc2[C@@H]1COc1cccc(F)c1. The van der Waals surface area contributed by atoms with Gasteiger partial charge in [0.2, 0.25) is 5.91 Å². The summed E-state index contributed by atoms with van der Waals surface area (Å²) < 4.78 is 24.7. The first kappa shape index (κ1) is 25.2. The summed E-state index contributed by atoms with van der Waals surface area (Å²) >= 11 is 1.68. The van der Waals surface area contributed by atoms with E-state index >= 15 is 0 Å². The highest BCUT2D eigenvalue weighted by molar-refractivity contribution is 7.10. The first-order valence-corrected chi connectivity index (χ1v) is 12.1. The number of rotatable bonds is 12. The second-order valence-corrected chi connectivity index (χ2v) is 9.03. The van der Waals surface area contributed by atoms with Crippen LogP contribution in [0, 0.1) is 18.2 Å². The molecule has 0 saturated heterocycles. The molecule has 1 amide bonds. The van der Waals surface area contributed by atoms with Gasteiger partial charge >= 0.3 is 0 Å². The molecule has 0 bridgehead atoms. The van der Waals surface area contributed by atoms with Crippen LogP contribution in [0.25, 0.3) is 0 Å². The second kappa shape index (κ2) is 12.7. The number of hydrogen-bond acceptors (Lipinski definition) is 6. The number of aliphatic hydroxyl groups excluding tert-OH is 1. The normalized spacial score (nSPS) is 16.3. The number of benzene rings is 1. The molecule has 2 atom stereocenters. The van der Waals surface area contributed by atoms with Crippen molar-refractivity contribution in [1.29, 1.82) is 0 Å². The monoisotopic (exact) mass is 474 g/mol. The summed E-state index contributed by atoms with van der Waals surface area (Å²) in [6.07, 6.45) is 6.10. The molecule has 1 aliphatic heterocycles. The van der Waals surface area contributed by atoms with E-state index in [-0.39, 0.29) is 44.1 Å². The number of aliphatic hydroxyl groups is 1. The lowest BCUT2D eigenvalue weighted by Gasteiger charge is -2.37. The summed E-state index contributed by atoms with van der Waals surface area (Å²) in [7, 11) is 0. The average Bonchev–Trinajstić information content (AvgIpc) is 3.27. The van der Waals surface area contributed by atoms with Crippen molar-refractivity contribution < 1.29 is 23.8 Å². The Balaban J connectivity index is 1.67. The van der Waals surface area contributed by atoms with Crippen molar-refractivity contribution in [2.45, 2.75) is 31.9 Å². The van der Waals surface area contributed by atoms with E-state index in [1.165, 1.54) is 17.0 Å². The molecular weight excluding hydrogens is 443 g/mol. The van der Waals surface area contributed by atoms with Gasteiger partial charge in [-0.3, -0.25) is 9.69 Å². The molecule has 1 aromatic heterocycles. The zero-order valence-electron chi connectivity index (χ0n) is 18.9. The molecule has 33 heavy (non-hydrogen) atoms. The fourth-order valence-corrected chi connectivity index (χ4v) is 4.97. The summed E-state index contributed by atoms with van der Waals surface area (Å²) in [4.78, 5) is 18.4. The molecule has 1 N–H and O–H groups in total. The third kappa shape index (κ3) is 7.27. The van der Waals surface area contributed by atoms with Gasteiger partial charge in [0.1, 0.15) is 24.8 Å². The topological polar surface area (TPSA) is 62.2 Å². The van der Waals surface area contributed by atoms with E-state index in [0.29, 0.717) is 25.4 Å². The zero-order chi connectivity index (χ0) is 23.6. The molecular formula is C25H31FN2O4S. The van der Waals surface area contributed by atoms with E-state index in [9.17, 15) is 14.3 Å². The Morgan fingerprint density at radius 2 is 2.30 bits per heavy atom. The van der Waals surface area contributed by atoms with Crippen molar-refractivity contribution in [1.82, 2.24) is 9.80 Å². The number of amides is 1. The molecule has 0 aliphatic carbocycles. The lowest BCUT2D eigenvalue weighted by molar-refractivity contribution is -0.136. The van der Waals surface area contributed by atoms with E-state index in [4.69, 9.17) is 15.9 Å². The van der Waals surface area contributed by atoms with Gasteiger partial charge in [-0.2, -0.15) is 0 Å². The van der Waals surface area contributed by atoms with Gasteiger partial charge < -0.3 is 19.5 Å². The fourth-order valence-electron chi connectivity index (χ4n) is 4.04. The number of nitrogens with zero attached hydrogens (tertiary/aromatic N) is 2. The zero-order valence-corrected chi connectivity index (χ0v) is 19.7. The molecule has 3 rings (SSSR count). The van der Waals surface area contributed by atoms with Crippen molar-refractivity contribution in [2.24, 2.45) is 0 Å². The van der Waals surface area contributed by atoms with Crippen LogP contribution in [-0.2, 0) is 16.0 Å². The first-order valence-electron chi connectivity index (χ1n) is 11.2. The molecule has 0 unspecified atom stereocenters. The molecule has 0 saturated carbocycles. The maximum absolute atomic E-state index is 13.6. The minimum Gasteiger partial charge on any atom is -0.491 e. The Bertz CT molecular complexity index is 944. The van der Waals surface area contributed by atoms with Gasteiger partial charge in [0.15, 0.2) is 0 Å². The summed E-state index contributed by atoms with van der Waals surface area (Å²) in [6, 6.07) is 7.81. The van der Waals surface area contributed by atoms with Gasteiger partial charge in [-0.25, -0.2) is 4.39 Å². The Kier molecular flexibility index (Phi) is 9.70. The molecule has 0 spiro atoms. The number of carbonyl (C=O) groups excluding carboxylic acids is 1. The van der Waals surface area contributed by atoms with Crippen LogP contribution in [0.15, 0.2) is 35.7 Å². The number of thiophene rings is 1. The molecule has 6 nitrogen and oxygen atoms in total. The van der Waals surface area contributed by atoms with Gasteiger partial charge in [0.05, 0.1) is 25.3 Å². The van der Waals surface area contributed by atoms with Crippen molar-refractivity contribution in [3.05, 3.63) is 52.0 Å². The lowest BCUT2D eigenvalue weighted by atomic mass is 10.0. The minimum absolute atomic E-state index is 0.0233. The van der Waals surface area contributed by atoms with Gasteiger partial charge in [0.25, 0.3) is 0 Å².